The van der Waals surface area contributed by atoms with Gasteiger partial charge in [-0.2, -0.15) is 13.2 Å². The van der Waals surface area contributed by atoms with Gasteiger partial charge in [0.2, 0.25) is 5.91 Å². The van der Waals surface area contributed by atoms with Crippen LogP contribution in [0.1, 0.15) is 36.2 Å². The molecule has 178 valence electrons. The van der Waals surface area contributed by atoms with Crippen LogP contribution < -0.4 is 16.0 Å². The molecule has 13 heteroatoms. The minimum atomic E-state index is -4.65. The Morgan fingerprint density at radius 1 is 1.19 bits per heavy atom. The topological polar surface area (TPSA) is 88.7 Å². The number of hydrogen-bond donors (Lipinski definition) is 3. The minimum Gasteiger partial charge on any atom is -0.408 e. The molecule has 0 bridgehead atoms. The largest absolute Gasteiger partial charge is 0.480 e. The molecule has 1 aliphatic heterocycles. The molecule has 1 atom stereocenters. The molecule has 2 rings (SSSR count). The molecule has 7 nitrogen and oxygen atoms in total. The Kier molecular flexibility index (Phi) is 10.5. The van der Waals surface area contributed by atoms with Gasteiger partial charge in [0.25, 0.3) is 5.91 Å². The Morgan fingerprint density at radius 3 is 2.38 bits per heavy atom. The third-order valence-corrected chi connectivity index (χ3v) is 5.83. The van der Waals surface area contributed by atoms with E-state index in [-0.39, 0.29) is 16.0 Å². The second-order valence-corrected chi connectivity index (χ2v) is 9.37. The monoisotopic (exact) mass is 585 g/mol. The summed E-state index contributed by atoms with van der Waals surface area (Å²) in [5.41, 5.74) is -1.23. The van der Waals surface area contributed by atoms with E-state index in [1.54, 1.807) is 0 Å². The van der Waals surface area contributed by atoms with Gasteiger partial charge in [0.15, 0.2) is 0 Å². The summed E-state index contributed by atoms with van der Waals surface area (Å²) in [6, 6.07) is 2.12. The van der Waals surface area contributed by atoms with Gasteiger partial charge in [-0.15, -0.1) is 0 Å². The molecule has 1 saturated heterocycles. The van der Waals surface area contributed by atoms with Crippen LogP contribution in [-0.4, -0.2) is 57.7 Å². The summed E-state index contributed by atoms with van der Waals surface area (Å²) in [6.45, 7) is 5.75. The second kappa shape index (κ2) is 12.4. The Labute approximate surface area is 201 Å². The highest BCUT2D eigenvalue weighted by Gasteiger charge is 2.36. The fourth-order valence-corrected chi connectivity index (χ4v) is 4.21. The molecule has 2 amide bonds. The van der Waals surface area contributed by atoms with Crippen LogP contribution >= 0.6 is 31.9 Å². The third-order valence-electron chi connectivity index (χ3n) is 4.52. The van der Waals surface area contributed by atoms with Gasteiger partial charge in [-0.25, -0.2) is 0 Å². The maximum Gasteiger partial charge on any atom is 0.480 e. The predicted molar refractivity (Wildman–Crippen MR) is 121 cm³/mol. The molecule has 3 N–H and O–H groups in total. The standard InChI is InChI=1S/C19H25BBr2F3N3O4/c1-11(2)7-15(20-31-5-3-26-4-6-32-20)28-16(29)10-27-18(30)13-8-12(21)9-14(17(13)22)19(23,24)25/h8-9,11,15,26H,3-7,10H2,1-2H3,(H,27,30)(H,28,29)/t15-/m0/s1. The van der Waals surface area contributed by atoms with E-state index in [0.717, 1.165) is 6.07 Å². The van der Waals surface area contributed by atoms with Crippen molar-refractivity contribution in [1.82, 2.24) is 16.0 Å². The molecule has 0 unspecified atom stereocenters. The van der Waals surface area contributed by atoms with Crippen molar-refractivity contribution in [2.75, 3.05) is 32.8 Å². The maximum absolute atomic E-state index is 13.2. The van der Waals surface area contributed by atoms with E-state index < -0.39 is 47.6 Å². The van der Waals surface area contributed by atoms with Gasteiger partial charge in [-0.05, 0) is 40.4 Å². The quantitative estimate of drug-likeness (QED) is 0.427. The molecular weight excluding hydrogens is 562 g/mol. The van der Waals surface area contributed by atoms with Crippen LogP contribution in [0.4, 0.5) is 13.2 Å². The van der Waals surface area contributed by atoms with Gasteiger partial charge < -0.3 is 25.3 Å². The Hall–Kier alpha value is -1.15. The number of nitrogens with one attached hydrogen (secondary N) is 3. The summed E-state index contributed by atoms with van der Waals surface area (Å²) in [5, 5.41) is 8.31. The first kappa shape index (κ1) is 27.1. The smallest absolute Gasteiger partial charge is 0.408 e. The fraction of sp³-hybridized carbons (Fsp3) is 0.579. The zero-order valence-corrected chi connectivity index (χ0v) is 20.8. The van der Waals surface area contributed by atoms with Crippen molar-refractivity contribution in [3.05, 3.63) is 32.2 Å². The molecule has 0 aromatic heterocycles. The Balaban J connectivity index is 2.03. The van der Waals surface area contributed by atoms with Crippen LogP contribution in [0, 0.1) is 5.92 Å². The number of rotatable bonds is 7. The van der Waals surface area contributed by atoms with Crippen LogP contribution in [0.3, 0.4) is 0 Å². The highest BCUT2D eigenvalue weighted by Crippen LogP contribution is 2.38. The fourth-order valence-electron chi connectivity index (χ4n) is 3.12. The normalized spacial score (nSPS) is 16.3. The van der Waals surface area contributed by atoms with Crippen LogP contribution in [0.2, 0.25) is 0 Å². The Morgan fingerprint density at radius 2 is 1.81 bits per heavy atom. The van der Waals surface area contributed by atoms with E-state index in [0.29, 0.717) is 32.7 Å². The molecule has 32 heavy (non-hydrogen) atoms. The minimum absolute atomic E-state index is 0.0905. The van der Waals surface area contributed by atoms with E-state index in [4.69, 9.17) is 9.31 Å². The molecule has 1 aliphatic rings. The third kappa shape index (κ3) is 8.33. The molecule has 1 aromatic rings. The molecule has 0 saturated carbocycles. The summed E-state index contributed by atoms with van der Waals surface area (Å²) in [7, 11) is -0.632. The van der Waals surface area contributed by atoms with Gasteiger partial charge in [-0.1, -0.05) is 29.8 Å². The number of alkyl halides is 3. The van der Waals surface area contributed by atoms with Crippen LogP contribution in [-0.2, 0) is 20.3 Å². The Bertz CT molecular complexity index is 807. The highest BCUT2D eigenvalue weighted by atomic mass is 79.9. The molecule has 0 spiro atoms. The van der Waals surface area contributed by atoms with Crippen LogP contribution in [0.15, 0.2) is 21.1 Å². The first-order chi connectivity index (χ1) is 15.0. The summed E-state index contributed by atoms with van der Waals surface area (Å²) in [4.78, 5) is 25.0. The lowest BCUT2D eigenvalue weighted by atomic mass is 9.73. The van der Waals surface area contributed by atoms with Gasteiger partial charge in [0.1, 0.15) is 0 Å². The highest BCUT2D eigenvalue weighted by molar-refractivity contribution is 9.11. The zero-order chi connectivity index (χ0) is 23.9. The molecule has 0 radical (unpaired) electrons. The summed E-state index contributed by atoms with van der Waals surface area (Å²) >= 11 is 5.84. The summed E-state index contributed by atoms with van der Waals surface area (Å²) in [6.07, 6.45) is -4.06. The van der Waals surface area contributed by atoms with Crippen molar-refractivity contribution in [2.45, 2.75) is 32.4 Å². The number of hydrogen-bond acceptors (Lipinski definition) is 5. The number of benzene rings is 1. The first-order valence-electron chi connectivity index (χ1n) is 10.1. The zero-order valence-electron chi connectivity index (χ0n) is 17.7. The average Bonchev–Trinajstić information content (AvgIpc) is 2.65. The number of amides is 2. The average molecular weight is 587 g/mol. The van der Waals surface area contributed by atoms with Crippen molar-refractivity contribution >= 4 is 50.8 Å². The van der Waals surface area contributed by atoms with E-state index >= 15 is 0 Å². The van der Waals surface area contributed by atoms with Crippen molar-refractivity contribution in [3.8, 4) is 0 Å². The van der Waals surface area contributed by atoms with Crippen LogP contribution in [0.5, 0.6) is 0 Å². The lowest BCUT2D eigenvalue weighted by molar-refractivity contribution is -0.138. The molecule has 1 fully saturated rings. The molecule has 0 aliphatic carbocycles. The lowest BCUT2D eigenvalue weighted by Crippen LogP contribution is -2.53. The second-order valence-electron chi connectivity index (χ2n) is 7.66. The number of halogens is 5. The van der Waals surface area contributed by atoms with Gasteiger partial charge in [0, 0.05) is 35.2 Å². The predicted octanol–water partition coefficient (Wildman–Crippen LogP) is 3.15. The van der Waals surface area contributed by atoms with E-state index in [1.165, 1.54) is 6.07 Å². The molecular formula is C19H25BBr2F3N3O4. The van der Waals surface area contributed by atoms with Gasteiger partial charge in [-0.3, -0.25) is 9.59 Å². The first-order valence-corrected chi connectivity index (χ1v) is 11.7. The van der Waals surface area contributed by atoms with Crippen molar-refractivity contribution in [3.63, 3.8) is 0 Å². The van der Waals surface area contributed by atoms with Crippen molar-refractivity contribution in [2.24, 2.45) is 5.92 Å². The van der Waals surface area contributed by atoms with Crippen molar-refractivity contribution < 1.29 is 32.1 Å². The number of carbonyl (C=O) groups is 2. The molecule has 1 heterocycles. The SMILES string of the molecule is CC(C)C[C@H](NC(=O)CNC(=O)c1cc(Br)cc(C(F)(F)F)c1Br)B1OCCNCCO1. The summed E-state index contributed by atoms with van der Waals surface area (Å²) in [5.74, 6) is -1.52. The van der Waals surface area contributed by atoms with E-state index in [1.807, 2.05) is 13.8 Å². The van der Waals surface area contributed by atoms with E-state index in [9.17, 15) is 22.8 Å². The number of carbonyl (C=O) groups excluding carboxylic acids is 2. The van der Waals surface area contributed by atoms with Crippen molar-refractivity contribution in [1.29, 1.82) is 0 Å². The van der Waals surface area contributed by atoms with Gasteiger partial charge in [0.05, 0.1) is 23.6 Å². The van der Waals surface area contributed by atoms with Gasteiger partial charge >= 0.3 is 13.3 Å². The lowest BCUT2D eigenvalue weighted by Gasteiger charge is -2.27. The molecule has 1 aromatic carbocycles. The summed E-state index contributed by atoms with van der Waals surface area (Å²) < 4.78 is 50.7. The van der Waals surface area contributed by atoms with E-state index in [2.05, 4.69) is 47.8 Å². The maximum atomic E-state index is 13.2. The van der Waals surface area contributed by atoms with Crippen LogP contribution in [0.25, 0.3) is 0 Å².